The van der Waals surface area contributed by atoms with Crippen LogP contribution in [0.5, 0.6) is 0 Å². The summed E-state index contributed by atoms with van der Waals surface area (Å²) >= 11 is 12.4. The average molecular weight is 537 g/mol. The Bertz CT molecular complexity index is 1410. The lowest BCUT2D eigenvalue weighted by molar-refractivity contribution is 0.0767. The Morgan fingerprint density at radius 2 is 1.84 bits per heavy atom. The molecule has 1 saturated heterocycles. The fourth-order valence-electron chi connectivity index (χ4n) is 4.86. The first-order chi connectivity index (χ1) is 18.0. The third kappa shape index (κ3) is 5.29. The number of carbonyl (C=O) groups excluding carboxylic acids is 1. The maximum atomic E-state index is 13.3. The Kier molecular flexibility index (Phi) is 7.63. The summed E-state index contributed by atoms with van der Waals surface area (Å²) in [6.07, 6.45) is 4.74. The Morgan fingerprint density at radius 3 is 2.59 bits per heavy atom. The fourth-order valence-corrected chi connectivity index (χ4v) is 5.35. The number of halogens is 2. The summed E-state index contributed by atoms with van der Waals surface area (Å²) in [5.74, 6) is 1.85. The van der Waals surface area contributed by atoms with E-state index in [0.717, 1.165) is 54.2 Å². The van der Waals surface area contributed by atoms with E-state index in [1.807, 2.05) is 46.1 Å². The Hall–Kier alpha value is -3.16. The van der Waals surface area contributed by atoms with Crippen LogP contribution in [0.1, 0.15) is 55.2 Å². The third-order valence-electron chi connectivity index (χ3n) is 6.83. The molecular weight excluding hydrogens is 507 g/mol. The summed E-state index contributed by atoms with van der Waals surface area (Å²) in [7, 11) is 0. The molecule has 1 fully saturated rings. The molecule has 0 radical (unpaired) electrons. The maximum Gasteiger partial charge on any atom is 0.255 e. The maximum absolute atomic E-state index is 13.3. The van der Waals surface area contributed by atoms with Gasteiger partial charge in [0, 0.05) is 37.1 Å². The largest absolute Gasteiger partial charge is 0.354 e. The first-order valence-electron chi connectivity index (χ1n) is 12.8. The van der Waals surface area contributed by atoms with E-state index in [9.17, 15) is 4.79 Å². The topological polar surface area (TPSA) is 67.2 Å². The van der Waals surface area contributed by atoms with Crippen LogP contribution in [-0.4, -0.2) is 56.7 Å². The molecule has 5 rings (SSSR count). The van der Waals surface area contributed by atoms with Crippen LogP contribution in [0, 0.1) is 0 Å². The van der Waals surface area contributed by atoms with Crippen LogP contribution in [0.3, 0.4) is 0 Å². The summed E-state index contributed by atoms with van der Waals surface area (Å²) in [4.78, 5) is 27.4. The zero-order chi connectivity index (χ0) is 25.9. The van der Waals surface area contributed by atoms with Gasteiger partial charge in [-0.25, -0.2) is 14.6 Å². The SMILES string of the molecule is CCC[C@H](C)c1nc(N2CCCN(C(=O)c3ccc(Cl)cc3Cl)CC2)c2cnn(-c3ccccc3)c2n1. The van der Waals surface area contributed by atoms with Gasteiger partial charge < -0.3 is 9.80 Å². The highest BCUT2D eigenvalue weighted by atomic mass is 35.5. The summed E-state index contributed by atoms with van der Waals surface area (Å²) in [5, 5.41) is 6.49. The molecule has 0 unspecified atom stereocenters. The van der Waals surface area contributed by atoms with E-state index in [0.29, 0.717) is 35.2 Å². The second-order valence-corrected chi connectivity index (χ2v) is 10.3. The first kappa shape index (κ1) is 25.5. The number of anilines is 1. The molecule has 9 heteroatoms. The van der Waals surface area contributed by atoms with E-state index < -0.39 is 0 Å². The minimum absolute atomic E-state index is 0.0782. The lowest BCUT2D eigenvalue weighted by Crippen LogP contribution is -2.35. The fraction of sp³-hybridized carbons (Fsp3) is 0.357. The number of aromatic nitrogens is 4. The quantitative estimate of drug-likeness (QED) is 0.286. The van der Waals surface area contributed by atoms with Crippen molar-refractivity contribution in [3.63, 3.8) is 0 Å². The Balaban J connectivity index is 1.48. The van der Waals surface area contributed by atoms with Crippen LogP contribution in [0.15, 0.2) is 54.7 Å². The van der Waals surface area contributed by atoms with Gasteiger partial charge >= 0.3 is 0 Å². The number of hydrogen-bond donors (Lipinski definition) is 0. The monoisotopic (exact) mass is 536 g/mol. The summed E-state index contributed by atoms with van der Waals surface area (Å²) in [5.41, 5.74) is 2.24. The normalized spacial score (nSPS) is 15.1. The van der Waals surface area contributed by atoms with Crippen molar-refractivity contribution in [3.8, 4) is 5.69 Å². The van der Waals surface area contributed by atoms with Crippen LogP contribution in [0.4, 0.5) is 5.82 Å². The zero-order valence-electron chi connectivity index (χ0n) is 21.1. The van der Waals surface area contributed by atoms with Crippen LogP contribution in [0.25, 0.3) is 16.7 Å². The van der Waals surface area contributed by atoms with Gasteiger partial charge in [-0.05, 0) is 43.2 Å². The van der Waals surface area contributed by atoms with Crippen LogP contribution >= 0.6 is 23.2 Å². The number of para-hydroxylation sites is 1. The molecule has 37 heavy (non-hydrogen) atoms. The molecule has 0 spiro atoms. The number of benzene rings is 2. The van der Waals surface area contributed by atoms with E-state index in [2.05, 4.69) is 23.8 Å². The predicted octanol–water partition coefficient (Wildman–Crippen LogP) is 6.38. The van der Waals surface area contributed by atoms with E-state index in [1.54, 1.807) is 18.2 Å². The van der Waals surface area contributed by atoms with Crippen molar-refractivity contribution in [2.75, 3.05) is 31.1 Å². The van der Waals surface area contributed by atoms with Gasteiger partial charge in [0.25, 0.3) is 5.91 Å². The van der Waals surface area contributed by atoms with Gasteiger partial charge in [-0.1, -0.05) is 61.7 Å². The molecule has 1 aliphatic rings. The van der Waals surface area contributed by atoms with Crippen molar-refractivity contribution in [1.82, 2.24) is 24.6 Å². The molecular formula is C28H30Cl2N6O. The lowest BCUT2D eigenvalue weighted by Gasteiger charge is -2.24. The summed E-state index contributed by atoms with van der Waals surface area (Å²) < 4.78 is 1.89. The molecule has 4 aromatic rings. The number of amides is 1. The predicted molar refractivity (Wildman–Crippen MR) is 149 cm³/mol. The highest BCUT2D eigenvalue weighted by Crippen LogP contribution is 2.30. The van der Waals surface area contributed by atoms with Gasteiger partial charge in [0.15, 0.2) is 5.65 Å². The van der Waals surface area contributed by atoms with Crippen molar-refractivity contribution in [2.24, 2.45) is 0 Å². The molecule has 3 heterocycles. The van der Waals surface area contributed by atoms with E-state index >= 15 is 0 Å². The number of fused-ring (bicyclic) bond motifs is 1. The molecule has 0 N–H and O–H groups in total. The molecule has 1 atom stereocenters. The number of nitrogens with zero attached hydrogens (tertiary/aromatic N) is 6. The van der Waals surface area contributed by atoms with E-state index in [-0.39, 0.29) is 11.8 Å². The highest BCUT2D eigenvalue weighted by Gasteiger charge is 2.26. The molecule has 1 aliphatic heterocycles. The van der Waals surface area contributed by atoms with Crippen molar-refractivity contribution in [3.05, 3.63) is 76.2 Å². The Morgan fingerprint density at radius 1 is 1.03 bits per heavy atom. The average Bonchev–Trinajstić information content (AvgIpc) is 3.17. The van der Waals surface area contributed by atoms with Crippen LogP contribution in [0.2, 0.25) is 10.0 Å². The molecule has 192 valence electrons. The molecule has 7 nitrogen and oxygen atoms in total. The Labute approximate surface area is 227 Å². The molecule has 0 bridgehead atoms. The third-order valence-corrected chi connectivity index (χ3v) is 7.38. The van der Waals surface area contributed by atoms with Gasteiger partial charge in [-0.3, -0.25) is 4.79 Å². The van der Waals surface area contributed by atoms with Gasteiger partial charge in [0.2, 0.25) is 0 Å². The second-order valence-electron chi connectivity index (χ2n) is 9.48. The molecule has 0 aliphatic carbocycles. The first-order valence-corrected chi connectivity index (χ1v) is 13.5. The minimum atomic E-state index is -0.0782. The van der Waals surface area contributed by atoms with Gasteiger partial charge in [-0.2, -0.15) is 5.10 Å². The number of hydrogen-bond acceptors (Lipinski definition) is 5. The van der Waals surface area contributed by atoms with Crippen LogP contribution in [-0.2, 0) is 0 Å². The zero-order valence-corrected chi connectivity index (χ0v) is 22.6. The highest BCUT2D eigenvalue weighted by molar-refractivity contribution is 6.36. The minimum Gasteiger partial charge on any atom is -0.354 e. The van der Waals surface area contributed by atoms with Crippen molar-refractivity contribution in [2.45, 2.75) is 39.0 Å². The summed E-state index contributed by atoms with van der Waals surface area (Å²) in [6.45, 7) is 7.00. The molecule has 1 amide bonds. The van der Waals surface area contributed by atoms with Crippen LogP contribution < -0.4 is 4.90 Å². The van der Waals surface area contributed by atoms with Gasteiger partial charge in [0.1, 0.15) is 11.6 Å². The van der Waals surface area contributed by atoms with E-state index in [4.69, 9.17) is 33.2 Å². The van der Waals surface area contributed by atoms with Gasteiger partial charge in [-0.15, -0.1) is 0 Å². The number of rotatable bonds is 6. The van der Waals surface area contributed by atoms with Crippen molar-refractivity contribution in [1.29, 1.82) is 0 Å². The van der Waals surface area contributed by atoms with Crippen molar-refractivity contribution < 1.29 is 4.79 Å². The second kappa shape index (κ2) is 11.1. The van der Waals surface area contributed by atoms with Gasteiger partial charge in [0.05, 0.1) is 27.9 Å². The molecule has 0 saturated carbocycles. The standard InChI is InChI=1S/C28H30Cl2N6O/c1-3-8-19(2)25-32-26(23-18-31-36(27(23)33-25)21-9-5-4-6-10-21)34-13-7-14-35(16-15-34)28(37)22-12-11-20(29)17-24(22)30/h4-6,9-12,17-19H,3,7-8,13-16H2,1-2H3/t19-/m0/s1. The molecule has 2 aromatic carbocycles. The number of carbonyl (C=O) groups is 1. The smallest absolute Gasteiger partial charge is 0.255 e. The summed E-state index contributed by atoms with van der Waals surface area (Å²) in [6, 6.07) is 15.1. The van der Waals surface area contributed by atoms with E-state index in [1.165, 1.54) is 0 Å². The molecule has 2 aromatic heterocycles. The van der Waals surface area contributed by atoms with Crippen molar-refractivity contribution >= 4 is 46.0 Å². The lowest BCUT2D eigenvalue weighted by atomic mass is 10.1.